The number of benzene rings is 1. The van der Waals surface area contributed by atoms with Gasteiger partial charge < -0.3 is 0 Å². The first-order chi connectivity index (χ1) is 7.60. The van der Waals surface area contributed by atoms with Gasteiger partial charge in [0.2, 0.25) is 0 Å². The number of ketones is 1. The molecule has 0 amide bonds. The molecular formula is C14H17BrO. The van der Waals surface area contributed by atoms with Crippen LogP contribution in [0.2, 0.25) is 0 Å². The summed E-state index contributed by atoms with van der Waals surface area (Å²) >= 11 is 3.43. The molecule has 1 aliphatic carbocycles. The molecule has 0 aliphatic heterocycles. The fourth-order valence-electron chi connectivity index (χ4n) is 2.48. The van der Waals surface area contributed by atoms with Crippen molar-refractivity contribution in [3.05, 3.63) is 34.3 Å². The molecular weight excluding hydrogens is 264 g/mol. The molecule has 86 valence electrons. The van der Waals surface area contributed by atoms with Gasteiger partial charge in [0.25, 0.3) is 0 Å². The predicted octanol–water partition coefficient (Wildman–Crippen LogP) is 4.14. The first-order valence-corrected chi connectivity index (χ1v) is 6.67. The van der Waals surface area contributed by atoms with Gasteiger partial charge in [-0.05, 0) is 37.0 Å². The minimum atomic E-state index is -0.119. The maximum Gasteiger partial charge on any atom is 0.139 e. The Hall–Kier alpha value is -0.630. The average Bonchev–Trinajstić information content (AvgIpc) is 2.26. The fourth-order valence-corrected chi connectivity index (χ4v) is 2.75. The van der Waals surface area contributed by atoms with Crippen molar-refractivity contribution < 1.29 is 4.79 Å². The van der Waals surface area contributed by atoms with E-state index < -0.39 is 0 Å². The maximum absolute atomic E-state index is 12.0. The molecule has 0 radical (unpaired) electrons. The Labute approximate surface area is 105 Å². The summed E-state index contributed by atoms with van der Waals surface area (Å²) in [7, 11) is 0. The Morgan fingerprint density at radius 3 is 2.56 bits per heavy atom. The zero-order valence-electron chi connectivity index (χ0n) is 9.63. The van der Waals surface area contributed by atoms with Crippen molar-refractivity contribution in [2.45, 2.75) is 39.0 Å². The third-order valence-electron chi connectivity index (χ3n) is 3.56. The first-order valence-electron chi connectivity index (χ1n) is 5.88. The van der Waals surface area contributed by atoms with Crippen molar-refractivity contribution in [1.29, 1.82) is 0 Å². The normalized spacial score (nSPS) is 25.8. The van der Waals surface area contributed by atoms with Crippen LogP contribution in [-0.4, -0.2) is 5.78 Å². The van der Waals surface area contributed by atoms with Gasteiger partial charge in [-0.25, -0.2) is 0 Å². The van der Waals surface area contributed by atoms with Crippen LogP contribution < -0.4 is 0 Å². The summed E-state index contributed by atoms with van der Waals surface area (Å²) in [5.74, 6) is 0.446. The summed E-state index contributed by atoms with van der Waals surface area (Å²) in [6.07, 6.45) is 4.97. The van der Waals surface area contributed by atoms with Crippen molar-refractivity contribution >= 4 is 21.7 Å². The summed E-state index contributed by atoms with van der Waals surface area (Å²) in [5.41, 5.74) is 1.15. The fraction of sp³-hybridized carbons (Fsp3) is 0.500. The number of hydrogen-bond donors (Lipinski definition) is 0. The minimum absolute atomic E-state index is 0.119. The maximum atomic E-state index is 12.0. The van der Waals surface area contributed by atoms with E-state index in [0.29, 0.717) is 5.78 Å². The lowest BCUT2D eigenvalue weighted by Crippen LogP contribution is -2.33. The second-order valence-electron chi connectivity index (χ2n) is 4.99. The van der Waals surface area contributed by atoms with Crippen molar-refractivity contribution in [2.24, 2.45) is 5.41 Å². The summed E-state index contributed by atoms with van der Waals surface area (Å²) < 4.78 is 1.09. The van der Waals surface area contributed by atoms with Crippen LogP contribution in [0.4, 0.5) is 0 Å². The van der Waals surface area contributed by atoms with Gasteiger partial charge >= 0.3 is 0 Å². The van der Waals surface area contributed by atoms with E-state index in [0.717, 1.165) is 30.2 Å². The zero-order chi connectivity index (χ0) is 11.6. The van der Waals surface area contributed by atoms with Crippen LogP contribution in [0.3, 0.4) is 0 Å². The smallest absolute Gasteiger partial charge is 0.139 e. The molecule has 0 aromatic heterocycles. The van der Waals surface area contributed by atoms with Crippen molar-refractivity contribution in [3.63, 3.8) is 0 Å². The van der Waals surface area contributed by atoms with Crippen LogP contribution in [0.15, 0.2) is 28.7 Å². The molecule has 0 heterocycles. The second-order valence-corrected chi connectivity index (χ2v) is 5.91. The lowest BCUT2D eigenvalue weighted by Gasteiger charge is -2.32. The van der Waals surface area contributed by atoms with Crippen LogP contribution in [0.25, 0.3) is 0 Å². The molecule has 1 unspecified atom stereocenters. The van der Waals surface area contributed by atoms with E-state index in [1.807, 2.05) is 12.1 Å². The summed E-state index contributed by atoms with van der Waals surface area (Å²) in [6.45, 7) is 2.12. The third-order valence-corrected chi connectivity index (χ3v) is 4.09. The molecule has 1 aliphatic rings. The molecule has 16 heavy (non-hydrogen) atoms. The minimum Gasteiger partial charge on any atom is -0.299 e. The lowest BCUT2D eigenvalue weighted by molar-refractivity contribution is -0.130. The Bertz CT molecular complexity index is 382. The van der Waals surface area contributed by atoms with E-state index in [2.05, 4.69) is 35.0 Å². The number of hydrogen-bond acceptors (Lipinski definition) is 1. The van der Waals surface area contributed by atoms with Gasteiger partial charge in [-0.2, -0.15) is 0 Å². The van der Waals surface area contributed by atoms with E-state index in [1.54, 1.807) is 0 Å². The lowest BCUT2D eigenvalue weighted by atomic mass is 9.71. The Morgan fingerprint density at radius 1 is 1.25 bits per heavy atom. The van der Waals surface area contributed by atoms with Crippen molar-refractivity contribution in [1.82, 2.24) is 0 Å². The van der Waals surface area contributed by atoms with Gasteiger partial charge in [0.1, 0.15) is 5.78 Å². The van der Waals surface area contributed by atoms with E-state index >= 15 is 0 Å². The van der Waals surface area contributed by atoms with Gasteiger partial charge in [0, 0.05) is 16.3 Å². The monoisotopic (exact) mass is 280 g/mol. The Morgan fingerprint density at radius 2 is 1.94 bits per heavy atom. The molecule has 1 fully saturated rings. The number of halogens is 1. The second kappa shape index (κ2) is 4.70. The molecule has 2 rings (SSSR count). The standard InChI is InChI=1S/C14H17BrO/c1-14(9-3-2-4-13(14)16)10-11-5-7-12(15)8-6-11/h5-8H,2-4,9-10H2,1H3. The summed E-state index contributed by atoms with van der Waals surface area (Å²) in [4.78, 5) is 12.0. The van der Waals surface area contributed by atoms with Crippen LogP contribution in [-0.2, 0) is 11.2 Å². The largest absolute Gasteiger partial charge is 0.299 e. The number of Topliss-reactive ketones (excluding diaryl/α,β-unsaturated/α-hetero) is 1. The van der Waals surface area contributed by atoms with Crippen LogP contribution >= 0.6 is 15.9 Å². The topological polar surface area (TPSA) is 17.1 Å². The molecule has 1 nitrogen and oxygen atoms in total. The van der Waals surface area contributed by atoms with Crippen LogP contribution in [0, 0.1) is 5.41 Å². The Kier molecular flexibility index (Phi) is 3.48. The summed E-state index contributed by atoms with van der Waals surface area (Å²) in [6, 6.07) is 8.31. The molecule has 1 saturated carbocycles. The van der Waals surface area contributed by atoms with Crippen molar-refractivity contribution in [2.75, 3.05) is 0 Å². The molecule has 0 spiro atoms. The van der Waals surface area contributed by atoms with E-state index in [-0.39, 0.29) is 5.41 Å². The Balaban J connectivity index is 2.13. The average molecular weight is 281 g/mol. The van der Waals surface area contributed by atoms with Gasteiger partial charge in [-0.15, -0.1) is 0 Å². The SMILES string of the molecule is CC1(Cc2ccc(Br)cc2)CCCCC1=O. The molecule has 1 aromatic carbocycles. The molecule has 1 atom stereocenters. The predicted molar refractivity (Wildman–Crippen MR) is 69.4 cm³/mol. The number of rotatable bonds is 2. The molecule has 2 heteroatoms. The van der Waals surface area contributed by atoms with Crippen LogP contribution in [0.5, 0.6) is 0 Å². The molecule has 0 N–H and O–H groups in total. The van der Waals surface area contributed by atoms with E-state index in [4.69, 9.17) is 0 Å². The molecule has 0 saturated heterocycles. The highest BCUT2D eigenvalue weighted by Gasteiger charge is 2.34. The summed E-state index contributed by atoms with van der Waals surface area (Å²) in [5, 5.41) is 0. The quantitative estimate of drug-likeness (QED) is 0.796. The number of carbonyl (C=O) groups is 1. The molecule has 1 aromatic rings. The van der Waals surface area contributed by atoms with Gasteiger partial charge in [0.15, 0.2) is 0 Å². The van der Waals surface area contributed by atoms with E-state index in [1.165, 1.54) is 12.0 Å². The highest BCUT2D eigenvalue weighted by atomic mass is 79.9. The van der Waals surface area contributed by atoms with E-state index in [9.17, 15) is 4.79 Å². The van der Waals surface area contributed by atoms with Crippen molar-refractivity contribution in [3.8, 4) is 0 Å². The van der Waals surface area contributed by atoms with Gasteiger partial charge in [0.05, 0.1) is 0 Å². The zero-order valence-corrected chi connectivity index (χ0v) is 11.2. The highest BCUT2D eigenvalue weighted by molar-refractivity contribution is 9.10. The highest BCUT2D eigenvalue weighted by Crippen LogP contribution is 2.36. The third kappa shape index (κ3) is 2.54. The number of carbonyl (C=O) groups excluding carboxylic acids is 1. The van der Waals surface area contributed by atoms with Crippen LogP contribution in [0.1, 0.15) is 38.2 Å². The molecule has 0 bridgehead atoms. The first kappa shape index (κ1) is 11.8. The van der Waals surface area contributed by atoms with Gasteiger partial charge in [-0.3, -0.25) is 4.79 Å². The van der Waals surface area contributed by atoms with Gasteiger partial charge in [-0.1, -0.05) is 41.4 Å².